The van der Waals surface area contributed by atoms with Crippen molar-refractivity contribution in [3.05, 3.63) is 58.3 Å². The van der Waals surface area contributed by atoms with Gasteiger partial charge in [0, 0.05) is 31.8 Å². The Morgan fingerprint density at radius 1 is 1.26 bits per heavy atom. The van der Waals surface area contributed by atoms with Gasteiger partial charge >= 0.3 is 5.97 Å². The number of ether oxygens (including phenoxy) is 1. The van der Waals surface area contributed by atoms with Gasteiger partial charge in [0.2, 0.25) is 11.8 Å². The van der Waals surface area contributed by atoms with Crippen LogP contribution in [0, 0.1) is 0 Å². The predicted molar refractivity (Wildman–Crippen MR) is 132 cm³/mol. The molecule has 4 rings (SSSR count). The summed E-state index contributed by atoms with van der Waals surface area (Å²) in [6.45, 7) is 3.96. The summed E-state index contributed by atoms with van der Waals surface area (Å²) in [6.07, 6.45) is 3.04. The first kappa shape index (κ1) is 24.1. The van der Waals surface area contributed by atoms with Gasteiger partial charge in [-0.15, -0.1) is 0 Å². The normalized spacial score (nSPS) is 19.7. The van der Waals surface area contributed by atoms with Crippen molar-refractivity contribution in [2.24, 2.45) is 4.99 Å². The van der Waals surface area contributed by atoms with Crippen molar-refractivity contribution in [3.63, 3.8) is 0 Å². The molecule has 0 bridgehead atoms. The smallest absolute Gasteiger partial charge is 0.338 e. The fraction of sp³-hybridized carbons (Fsp3) is 0.440. The van der Waals surface area contributed by atoms with E-state index in [0.29, 0.717) is 37.2 Å². The van der Waals surface area contributed by atoms with E-state index in [4.69, 9.17) is 9.73 Å². The van der Waals surface area contributed by atoms with Crippen LogP contribution in [-0.4, -0.2) is 59.5 Å². The van der Waals surface area contributed by atoms with Crippen LogP contribution >= 0.6 is 11.8 Å². The van der Waals surface area contributed by atoms with Gasteiger partial charge < -0.3 is 19.9 Å². The first-order chi connectivity index (χ1) is 16.5. The van der Waals surface area contributed by atoms with Crippen LogP contribution in [0.5, 0.6) is 0 Å². The molecule has 1 saturated heterocycles. The van der Waals surface area contributed by atoms with Crippen LogP contribution in [0.25, 0.3) is 0 Å². The van der Waals surface area contributed by atoms with Crippen molar-refractivity contribution in [2.75, 3.05) is 26.7 Å². The molecule has 2 amide bonds. The maximum atomic E-state index is 12.8. The van der Waals surface area contributed by atoms with E-state index in [1.54, 1.807) is 0 Å². The first-order valence-corrected chi connectivity index (χ1v) is 12.6. The topological polar surface area (TPSA) is 91.3 Å². The van der Waals surface area contributed by atoms with Crippen molar-refractivity contribution in [3.8, 4) is 0 Å². The zero-order valence-corrected chi connectivity index (χ0v) is 20.4. The molecule has 8 nitrogen and oxygen atoms in total. The van der Waals surface area contributed by atoms with Crippen LogP contribution < -0.4 is 5.32 Å². The Bertz CT molecular complexity index is 1050. The maximum absolute atomic E-state index is 12.8. The van der Waals surface area contributed by atoms with Crippen molar-refractivity contribution < 1.29 is 19.1 Å². The highest BCUT2D eigenvalue weighted by molar-refractivity contribution is 8.16. The number of fused-ring (bicyclic) bond motifs is 1. The van der Waals surface area contributed by atoms with Gasteiger partial charge in [-0.3, -0.25) is 9.59 Å². The molecule has 1 fully saturated rings. The molecule has 3 aliphatic rings. The number of amides is 2. The minimum absolute atomic E-state index is 0.0995. The minimum atomic E-state index is -0.411. The molecule has 3 aliphatic heterocycles. The van der Waals surface area contributed by atoms with Crippen LogP contribution in [0.2, 0.25) is 0 Å². The number of carbonyl (C=O) groups excluding carboxylic acids is 3. The number of nitrogens with zero attached hydrogens (tertiary/aromatic N) is 3. The Morgan fingerprint density at radius 3 is 2.74 bits per heavy atom. The summed E-state index contributed by atoms with van der Waals surface area (Å²) in [4.78, 5) is 45.9. The number of methoxy groups -OCH3 is 1. The van der Waals surface area contributed by atoms with Crippen molar-refractivity contribution in [1.82, 2.24) is 15.1 Å². The number of allylic oxidation sites excluding steroid dienone is 1. The van der Waals surface area contributed by atoms with Crippen LogP contribution in [0.1, 0.15) is 50.6 Å². The zero-order chi connectivity index (χ0) is 24.1. The quantitative estimate of drug-likeness (QED) is 0.429. The highest BCUT2D eigenvalue weighted by Crippen LogP contribution is 2.45. The lowest BCUT2D eigenvalue weighted by atomic mass is 9.93. The van der Waals surface area contributed by atoms with E-state index < -0.39 is 12.0 Å². The highest BCUT2D eigenvalue weighted by atomic mass is 32.2. The molecule has 0 saturated carbocycles. The largest absolute Gasteiger partial charge is 0.466 e. The number of rotatable bonds is 9. The van der Waals surface area contributed by atoms with Gasteiger partial charge in [0.1, 0.15) is 0 Å². The molecule has 0 aliphatic carbocycles. The van der Waals surface area contributed by atoms with E-state index >= 15 is 0 Å². The van der Waals surface area contributed by atoms with Crippen LogP contribution in [0.4, 0.5) is 0 Å². The molecular formula is C25H30N4O4S. The van der Waals surface area contributed by atoms with Gasteiger partial charge in [-0.25, -0.2) is 9.79 Å². The van der Waals surface area contributed by atoms with Gasteiger partial charge in [0.25, 0.3) is 0 Å². The second-order valence-electron chi connectivity index (χ2n) is 8.37. The van der Waals surface area contributed by atoms with Gasteiger partial charge in [-0.05, 0) is 30.2 Å². The van der Waals surface area contributed by atoms with Gasteiger partial charge in [0.05, 0.1) is 30.8 Å². The molecule has 1 atom stereocenters. The Kier molecular flexibility index (Phi) is 7.72. The number of aliphatic imine (C=N–C) groups is 1. The minimum Gasteiger partial charge on any atom is -0.466 e. The predicted octanol–water partition coefficient (Wildman–Crippen LogP) is 3.34. The zero-order valence-electron chi connectivity index (χ0n) is 19.6. The molecule has 1 aromatic carbocycles. The molecular weight excluding hydrogens is 452 g/mol. The Balaban J connectivity index is 1.47. The third-order valence-electron chi connectivity index (χ3n) is 6.18. The summed E-state index contributed by atoms with van der Waals surface area (Å²) in [7, 11) is 1.38. The summed E-state index contributed by atoms with van der Waals surface area (Å²) < 4.78 is 5.13. The number of carbonyl (C=O) groups is 3. The maximum Gasteiger partial charge on any atom is 0.338 e. The average molecular weight is 483 g/mol. The highest BCUT2D eigenvalue weighted by Gasteiger charge is 2.41. The van der Waals surface area contributed by atoms with Crippen LogP contribution in [0.3, 0.4) is 0 Å². The van der Waals surface area contributed by atoms with E-state index in [0.717, 1.165) is 35.8 Å². The molecule has 180 valence electrons. The van der Waals surface area contributed by atoms with E-state index in [2.05, 4.69) is 5.32 Å². The number of likely N-dealkylation sites (tertiary alicyclic amines) is 1. The van der Waals surface area contributed by atoms with E-state index in [1.807, 2.05) is 52.5 Å². The Labute approximate surface area is 204 Å². The molecule has 34 heavy (non-hydrogen) atoms. The van der Waals surface area contributed by atoms with Crippen LogP contribution in [0.15, 0.2) is 57.7 Å². The molecule has 0 radical (unpaired) electrons. The third-order valence-corrected chi connectivity index (χ3v) is 7.07. The molecule has 1 N–H and O–H groups in total. The lowest BCUT2D eigenvalue weighted by Crippen LogP contribution is -2.38. The van der Waals surface area contributed by atoms with E-state index in [9.17, 15) is 14.4 Å². The summed E-state index contributed by atoms with van der Waals surface area (Å²) in [5, 5.41) is 5.66. The van der Waals surface area contributed by atoms with Crippen molar-refractivity contribution in [1.29, 1.82) is 0 Å². The molecule has 3 heterocycles. The molecule has 0 aromatic heterocycles. The summed E-state index contributed by atoms with van der Waals surface area (Å²) in [5.41, 5.74) is 2.94. The number of hydrogen-bond acceptors (Lipinski definition) is 7. The summed E-state index contributed by atoms with van der Waals surface area (Å²) in [6, 6.07) is 9.35. The standard InChI is InChI=1S/C25H30N4O4S/c1-3-19-22(24(32)33-2)23(17-9-5-4-6-10-17)29-18(16-34-25(29)27-19)15-20(30)26-12-8-14-28-13-7-11-21(28)31/h4-6,9-10,16,23H,3,7-8,11-15H2,1-2H3,(H,26,30). The molecule has 9 heteroatoms. The van der Waals surface area contributed by atoms with Gasteiger partial charge in [-0.2, -0.15) is 0 Å². The average Bonchev–Trinajstić information content (AvgIpc) is 3.46. The number of amidine groups is 1. The molecule has 1 unspecified atom stereocenters. The summed E-state index contributed by atoms with van der Waals surface area (Å²) in [5.74, 6) is -0.313. The van der Waals surface area contributed by atoms with Crippen molar-refractivity contribution >= 4 is 34.7 Å². The number of thioether (sulfide) groups is 1. The monoisotopic (exact) mass is 482 g/mol. The number of nitrogens with one attached hydrogen (secondary N) is 1. The van der Waals surface area contributed by atoms with E-state index in [1.165, 1.54) is 18.9 Å². The Hall–Kier alpha value is -3.07. The van der Waals surface area contributed by atoms with Crippen molar-refractivity contribution in [2.45, 2.75) is 45.1 Å². The lowest BCUT2D eigenvalue weighted by Gasteiger charge is -2.36. The van der Waals surface area contributed by atoms with Gasteiger partial charge in [-0.1, -0.05) is 49.0 Å². The third kappa shape index (κ3) is 5.04. The second kappa shape index (κ2) is 10.9. The molecule has 0 spiro atoms. The fourth-order valence-corrected chi connectivity index (χ4v) is 5.47. The number of benzene rings is 1. The number of hydrogen-bond donors (Lipinski definition) is 1. The Morgan fingerprint density at radius 2 is 2.06 bits per heavy atom. The van der Waals surface area contributed by atoms with E-state index in [-0.39, 0.29) is 18.2 Å². The van der Waals surface area contributed by atoms with Crippen LogP contribution in [-0.2, 0) is 19.1 Å². The summed E-state index contributed by atoms with van der Waals surface area (Å²) >= 11 is 1.46. The SMILES string of the molecule is CCC1=C(C(=O)OC)C(c2ccccc2)N2C(CC(=O)NCCCN3CCCC3=O)=CSC2=N1. The second-order valence-corrected chi connectivity index (χ2v) is 9.21. The number of esters is 1. The molecule has 1 aromatic rings. The van der Waals surface area contributed by atoms with Gasteiger partial charge in [0.15, 0.2) is 5.17 Å². The lowest BCUT2D eigenvalue weighted by molar-refractivity contribution is -0.137. The fourth-order valence-electron chi connectivity index (χ4n) is 4.53. The first-order valence-electron chi connectivity index (χ1n) is 11.7.